The van der Waals surface area contributed by atoms with Gasteiger partial charge >= 0.3 is 0 Å². The first-order chi connectivity index (χ1) is 5.02. The van der Waals surface area contributed by atoms with E-state index in [9.17, 15) is 8.42 Å². The highest BCUT2D eigenvalue weighted by Gasteiger charge is 2.10. The summed E-state index contributed by atoms with van der Waals surface area (Å²) in [6.07, 6.45) is 1.10. The van der Waals surface area contributed by atoms with Crippen molar-refractivity contribution in [2.24, 2.45) is 0 Å². The van der Waals surface area contributed by atoms with Gasteiger partial charge in [0.15, 0.2) is 9.84 Å². The smallest absolute Gasteiger partial charge is 0.177 e. The van der Waals surface area contributed by atoms with Crippen LogP contribution in [0.2, 0.25) is 5.02 Å². The van der Waals surface area contributed by atoms with Gasteiger partial charge in [0, 0.05) is 12.3 Å². The molecule has 1 aromatic rings. The first kappa shape index (κ1) is 8.56. The van der Waals surface area contributed by atoms with Crippen LogP contribution in [-0.2, 0) is 9.84 Å². The van der Waals surface area contributed by atoms with Gasteiger partial charge in [-0.25, -0.2) is 8.42 Å². The highest BCUT2D eigenvalue weighted by atomic mass is 35.5. The number of halogens is 1. The molecule has 0 aromatic heterocycles. The molecular formula is C7H6ClO2S. The predicted molar refractivity (Wildman–Crippen MR) is 43.4 cm³/mol. The van der Waals surface area contributed by atoms with Crippen LogP contribution in [0.1, 0.15) is 0 Å². The Kier molecular flexibility index (Phi) is 2.20. The Hall–Kier alpha value is -0.540. The summed E-state index contributed by atoms with van der Waals surface area (Å²) in [5, 5.41) is 0.218. The fourth-order valence-electron chi connectivity index (χ4n) is 0.685. The second-order valence-corrected chi connectivity index (χ2v) is 4.48. The number of sulfone groups is 1. The van der Waals surface area contributed by atoms with E-state index in [1.807, 2.05) is 0 Å². The maximum absolute atomic E-state index is 10.9. The Balaban J connectivity index is 3.37. The monoisotopic (exact) mass is 189 g/mol. The molecule has 0 atom stereocenters. The first-order valence-electron chi connectivity index (χ1n) is 2.88. The minimum Gasteiger partial charge on any atom is -0.224 e. The molecule has 0 heterocycles. The molecule has 0 amide bonds. The van der Waals surface area contributed by atoms with Gasteiger partial charge in [0.2, 0.25) is 0 Å². The van der Waals surface area contributed by atoms with Crippen molar-refractivity contribution in [1.82, 2.24) is 0 Å². The minimum absolute atomic E-state index is 0.0571. The molecule has 59 valence electrons. The van der Waals surface area contributed by atoms with Crippen LogP contribution >= 0.6 is 11.6 Å². The highest BCUT2D eigenvalue weighted by molar-refractivity contribution is 7.90. The van der Waals surface area contributed by atoms with Crippen molar-refractivity contribution in [1.29, 1.82) is 0 Å². The maximum Gasteiger partial charge on any atom is 0.177 e. The van der Waals surface area contributed by atoms with Gasteiger partial charge in [0.25, 0.3) is 0 Å². The van der Waals surface area contributed by atoms with E-state index in [4.69, 9.17) is 11.6 Å². The van der Waals surface area contributed by atoms with Gasteiger partial charge in [-0.2, -0.15) is 0 Å². The van der Waals surface area contributed by atoms with Crippen LogP contribution in [0, 0.1) is 6.07 Å². The zero-order valence-electron chi connectivity index (χ0n) is 5.83. The van der Waals surface area contributed by atoms with Crippen LogP contribution < -0.4 is 0 Å². The predicted octanol–water partition coefficient (Wildman–Crippen LogP) is 1.54. The standard InChI is InChI=1S/C7H6ClO2S/c1-11(9,10)7-5-3-2-4-6(7)8/h2-4H,1H3. The van der Waals surface area contributed by atoms with Crippen LogP contribution in [-0.4, -0.2) is 14.7 Å². The average Bonchev–Trinajstić information content (AvgIpc) is 1.86. The number of benzene rings is 1. The first-order valence-corrected chi connectivity index (χ1v) is 5.15. The second kappa shape index (κ2) is 2.83. The molecule has 2 nitrogen and oxygen atoms in total. The molecule has 4 heteroatoms. The summed E-state index contributed by atoms with van der Waals surface area (Å²) in [5.41, 5.74) is 0. The Morgan fingerprint density at radius 1 is 1.55 bits per heavy atom. The van der Waals surface area contributed by atoms with Gasteiger partial charge in [-0.15, -0.1) is 0 Å². The third kappa shape index (κ3) is 1.94. The van der Waals surface area contributed by atoms with E-state index in [0.717, 1.165) is 6.26 Å². The molecule has 0 saturated carbocycles. The zero-order chi connectivity index (χ0) is 8.48. The molecule has 0 saturated heterocycles. The third-order valence-corrected chi connectivity index (χ3v) is 2.65. The Morgan fingerprint density at radius 3 is 2.55 bits per heavy atom. The molecule has 0 unspecified atom stereocenters. The van der Waals surface area contributed by atoms with Gasteiger partial charge in [-0.05, 0) is 6.07 Å². The number of rotatable bonds is 1. The third-order valence-electron chi connectivity index (χ3n) is 1.14. The van der Waals surface area contributed by atoms with Crippen LogP contribution in [0.4, 0.5) is 0 Å². The Morgan fingerprint density at radius 2 is 2.18 bits per heavy atom. The molecule has 0 aliphatic carbocycles. The maximum atomic E-state index is 10.9. The summed E-state index contributed by atoms with van der Waals surface area (Å²) in [4.78, 5) is 0.0571. The fourth-order valence-corrected chi connectivity index (χ4v) is 1.94. The van der Waals surface area contributed by atoms with E-state index in [1.54, 1.807) is 6.07 Å². The van der Waals surface area contributed by atoms with E-state index < -0.39 is 9.84 Å². The summed E-state index contributed by atoms with van der Waals surface area (Å²) in [7, 11) is -3.22. The quantitative estimate of drug-likeness (QED) is 0.672. The molecule has 1 radical (unpaired) electrons. The lowest BCUT2D eigenvalue weighted by Gasteiger charge is -1.97. The summed E-state index contributed by atoms with van der Waals surface area (Å²) >= 11 is 5.60. The van der Waals surface area contributed by atoms with Crippen LogP contribution in [0.3, 0.4) is 0 Å². The summed E-state index contributed by atoms with van der Waals surface area (Å²) in [6, 6.07) is 7.23. The molecule has 0 bridgehead atoms. The molecule has 1 rings (SSSR count). The second-order valence-electron chi connectivity index (χ2n) is 2.12. The van der Waals surface area contributed by atoms with Crippen molar-refractivity contribution in [3.63, 3.8) is 0 Å². The largest absolute Gasteiger partial charge is 0.224 e. The van der Waals surface area contributed by atoms with Gasteiger partial charge in [0.1, 0.15) is 0 Å². The zero-order valence-corrected chi connectivity index (χ0v) is 7.41. The SMILES string of the molecule is CS(=O)(=O)c1[c]cccc1Cl. The minimum atomic E-state index is -3.22. The summed E-state index contributed by atoms with van der Waals surface area (Å²) in [5.74, 6) is 0. The normalized spacial score (nSPS) is 11.5. The summed E-state index contributed by atoms with van der Waals surface area (Å²) < 4.78 is 21.9. The van der Waals surface area contributed by atoms with E-state index >= 15 is 0 Å². The molecule has 1 aromatic carbocycles. The topological polar surface area (TPSA) is 34.1 Å². The van der Waals surface area contributed by atoms with E-state index in [-0.39, 0.29) is 9.92 Å². The fraction of sp³-hybridized carbons (Fsp3) is 0.143. The Bertz CT molecular complexity index is 356. The van der Waals surface area contributed by atoms with Crippen molar-refractivity contribution in [3.8, 4) is 0 Å². The molecule has 0 fully saturated rings. The molecular weight excluding hydrogens is 184 g/mol. The lowest BCUT2D eigenvalue weighted by Crippen LogP contribution is -1.97. The van der Waals surface area contributed by atoms with Gasteiger partial charge in [-0.3, -0.25) is 0 Å². The molecule has 11 heavy (non-hydrogen) atoms. The molecule has 0 spiro atoms. The summed E-state index contributed by atoms with van der Waals surface area (Å²) in [6.45, 7) is 0. The van der Waals surface area contributed by atoms with Gasteiger partial charge in [0.05, 0.1) is 9.92 Å². The highest BCUT2D eigenvalue weighted by Crippen LogP contribution is 2.18. The van der Waals surface area contributed by atoms with Crippen molar-refractivity contribution >= 4 is 21.4 Å². The van der Waals surface area contributed by atoms with Crippen molar-refractivity contribution in [2.75, 3.05) is 6.26 Å². The number of hydrogen-bond acceptors (Lipinski definition) is 2. The van der Waals surface area contributed by atoms with Crippen molar-refractivity contribution in [3.05, 3.63) is 29.3 Å². The van der Waals surface area contributed by atoms with Gasteiger partial charge in [-0.1, -0.05) is 23.7 Å². The lowest BCUT2D eigenvalue weighted by molar-refractivity contribution is 0.602. The van der Waals surface area contributed by atoms with Crippen molar-refractivity contribution in [2.45, 2.75) is 4.90 Å². The molecule has 0 aliphatic rings. The average molecular weight is 190 g/mol. The van der Waals surface area contributed by atoms with E-state index in [1.165, 1.54) is 12.1 Å². The van der Waals surface area contributed by atoms with Gasteiger partial charge < -0.3 is 0 Å². The lowest BCUT2D eigenvalue weighted by atomic mass is 10.4. The van der Waals surface area contributed by atoms with Crippen LogP contribution in [0.15, 0.2) is 23.1 Å². The van der Waals surface area contributed by atoms with E-state index in [2.05, 4.69) is 6.07 Å². The van der Waals surface area contributed by atoms with Crippen molar-refractivity contribution < 1.29 is 8.42 Å². The molecule has 0 aliphatic heterocycles. The number of hydrogen-bond donors (Lipinski definition) is 0. The van der Waals surface area contributed by atoms with Crippen LogP contribution in [0.5, 0.6) is 0 Å². The Labute approximate surface area is 70.7 Å². The van der Waals surface area contributed by atoms with Crippen LogP contribution in [0.25, 0.3) is 0 Å². The van der Waals surface area contributed by atoms with E-state index in [0.29, 0.717) is 0 Å². The molecule has 0 N–H and O–H groups in total.